The van der Waals surface area contributed by atoms with E-state index in [-0.39, 0.29) is 23.2 Å². The third kappa shape index (κ3) is 5.83. The van der Waals surface area contributed by atoms with E-state index in [1.54, 1.807) is 31.2 Å². The summed E-state index contributed by atoms with van der Waals surface area (Å²) in [6.45, 7) is 1.28. The number of aryl methyl sites for hydroxylation is 1. The Bertz CT molecular complexity index is 1580. The van der Waals surface area contributed by atoms with E-state index >= 15 is 0 Å². The first kappa shape index (κ1) is 25.2. The Morgan fingerprint density at radius 1 is 0.917 bits per heavy atom. The number of carbonyl (C=O) groups is 2. The average molecular weight is 524 g/mol. The van der Waals surface area contributed by atoms with E-state index in [1.807, 2.05) is 30.3 Å². The van der Waals surface area contributed by atoms with Crippen LogP contribution in [-0.4, -0.2) is 26.8 Å². The minimum Gasteiger partial charge on any atom is -0.482 e. The number of carbonyl (C=O) groups excluding carboxylic acids is 2. The van der Waals surface area contributed by atoms with Gasteiger partial charge in [0.1, 0.15) is 5.75 Å². The minimum absolute atomic E-state index is 0.0537. The summed E-state index contributed by atoms with van der Waals surface area (Å²) in [4.78, 5) is 25.5. The molecule has 0 aliphatic rings. The molecule has 0 saturated carbocycles. The first-order valence-corrected chi connectivity index (χ1v) is 12.7. The molecular formula is C26H22ClN3O5S. The van der Waals surface area contributed by atoms with Gasteiger partial charge in [-0.05, 0) is 65.7 Å². The Balaban J connectivity index is 1.48. The van der Waals surface area contributed by atoms with Crippen molar-refractivity contribution in [3.63, 3.8) is 0 Å². The van der Waals surface area contributed by atoms with Crippen LogP contribution in [-0.2, 0) is 14.8 Å². The van der Waals surface area contributed by atoms with Crippen molar-refractivity contribution in [2.24, 2.45) is 5.14 Å². The molecule has 0 aliphatic carbocycles. The number of amides is 2. The molecule has 0 atom stereocenters. The van der Waals surface area contributed by atoms with Gasteiger partial charge in [0.15, 0.2) is 6.61 Å². The van der Waals surface area contributed by atoms with Gasteiger partial charge >= 0.3 is 0 Å². The van der Waals surface area contributed by atoms with Crippen molar-refractivity contribution >= 4 is 55.6 Å². The first-order valence-electron chi connectivity index (χ1n) is 10.8. The number of hydrogen-bond acceptors (Lipinski definition) is 5. The summed E-state index contributed by atoms with van der Waals surface area (Å²) in [6.07, 6.45) is 0. The molecule has 8 nitrogen and oxygen atoms in total. The fourth-order valence-corrected chi connectivity index (χ4v) is 4.39. The van der Waals surface area contributed by atoms with E-state index in [9.17, 15) is 18.0 Å². The lowest BCUT2D eigenvalue weighted by molar-refractivity contribution is -0.118. The highest BCUT2D eigenvalue weighted by atomic mass is 35.5. The Kier molecular flexibility index (Phi) is 7.25. The summed E-state index contributed by atoms with van der Waals surface area (Å²) in [5.74, 6) is -0.582. The zero-order valence-corrected chi connectivity index (χ0v) is 20.7. The number of benzene rings is 4. The highest BCUT2D eigenvalue weighted by Crippen LogP contribution is 2.29. The molecule has 4 rings (SSSR count). The molecule has 0 spiro atoms. The number of rotatable bonds is 7. The third-order valence-electron chi connectivity index (χ3n) is 5.38. The second-order valence-electron chi connectivity index (χ2n) is 7.98. The standard InChI is InChI=1S/C26H22ClN3O5S/c1-16-13-19(36(28,33)34)10-11-22(16)29-25(31)15-35-24-12-9-18(27)14-23(24)30-26(32)21-8-4-6-17-5-2-3-7-20(17)21/h2-14H,15H2,1H3,(H,29,31)(H,30,32)(H2,28,33,34). The minimum atomic E-state index is -3.85. The van der Waals surface area contributed by atoms with Crippen molar-refractivity contribution in [1.29, 1.82) is 0 Å². The number of nitrogens with one attached hydrogen (secondary N) is 2. The van der Waals surface area contributed by atoms with Gasteiger partial charge in [-0.15, -0.1) is 0 Å². The maximum atomic E-state index is 13.1. The number of anilines is 2. The van der Waals surface area contributed by atoms with Gasteiger partial charge in [-0.3, -0.25) is 9.59 Å². The zero-order chi connectivity index (χ0) is 25.9. The lowest BCUT2D eigenvalue weighted by Gasteiger charge is -2.14. The van der Waals surface area contributed by atoms with Crippen LogP contribution in [0.15, 0.2) is 83.8 Å². The maximum Gasteiger partial charge on any atom is 0.262 e. The van der Waals surface area contributed by atoms with Gasteiger partial charge in [0.25, 0.3) is 11.8 Å². The summed E-state index contributed by atoms with van der Waals surface area (Å²) in [6, 6.07) is 21.8. The number of halogens is 1. The monoisotopic (exact) mass is 523 g/mol. The van der Waals surface area contributed by atoms with Gasteiger partial charge in [-0.2, -0.15) is 0 Å². The van der Waals surface area contributed by atoms with E-state index < -0.39 is 15.9 Å². The topological polar surface area (TPSA) is 128 Å². The molecule has 10 heteroatoms. The molecule has 0 bridgehead atoms. The van der Waals surface area contributed by atoms with Gasteiger partial charge in [0.2, 0.25) is 10.0 Å². The van der Waals surface area contributed by atoms with Crippen LogP contribution >= 0.6 is 11.6 Å². The van der Waals surface area contributed by atoms with Crippen LogP contribution in [0.4, 0.5) is 11.4 Å². The number of fused-ring (bicyclic) bond motifs is 1. The predicted molar refractivity (Wildman–Crippen MR) is 140 cm³/mol. The van der Waals surface area contributed by atoms with Crippen LogP contribution in [0.25, 0.3) is 10.8 Å². The average Bonchev–Trinajstić information content (AvgIpc) is 2.83. The number of hydrogen-bond donors (Lipinski definition) is 3. The summed E-state index contributed by atoms with van der Waals surface area (Å²) in [5, 5.41) is 12.7. The van der Waals surface area contributed by atoms with Crippen molar-refractivity contribution in [2.75, 3.05) is 17.2 Å². The van der Waals surface area contributed by atoms with Gasteiger partial charge in [0.05, 0.1) is 10.6 Å². The molecule has 2 amide bonds. The highest BCUT2D eigenvalue weighted by molar-refractivity contribution is 7.89. The van der Waals surface area contributed by atoms with Gasteiger partial charge < -0.3 is 15.4 Å². The van der Waals surface area contributed by atoms with E-state index in [0.29, 0.717) is 27.5 Å². The summed E-state index contributed by atoms with van der Waals surface area (Å²) < 4.78 is 28.7. The van der Waals surface area contributed by atoms with Crippen molar-refractivity contribution in [2.45, 2.75) is 11.8 Å². The Morgan fingerprint density at radius 2 is 1.67 bits per heavy atom. The van der Waals surface area contributed by atoms with Crippen LogP contribution < -0.4 is 20.5 Å². The molecule has 0 aromatic heterocycles. The molecule has 0 radical (unpaired) electrons. The SMILES string of the molecule is Cc1cc(S(N)(=O)=O)ccc1NC(=O)COc1ccc(Cl)cc1NC(=O)c1cccc2ccccc12. The molecule has 0 heterocycles. The van der Waals surface area contributed by atoms with Crippen LogP contribution in [0.3, 0.4) is 0 Å². The Labute approximate surface area is 213 Å². The first-order chi connectivity index (χ1) is 17.1. The summed E-state index contributed by atoms with van der Waals surface area (Å²) in [5.41, 5.74) is 1.72. The molecule has 4 aromatic rings. The van der Waals surface area contributed by atoms with Crippen molar-refractivity contribution in [3.8, 4) is 5.75 Å². The molecule has 36 heavy (non-hydrogen) atoms. The smallest absolute Gasteiger partial charge is 0.262 e. The van der Waals surface area contributed by atoms with E-state index in [2.05, 4.69) is 10.6 Å². The van der Waals surface area contributed by atoms with E-state index in [1.165, 1.54) is 24.3 Å². The Morgan fingerprint density at radius 3 is 2.42 bits per heavy atom. The molecule has 0 fully saturated rings. The second kappa shape index (κ2) is 10.4. The highest BCUT2D eigenvalue weighted by Gasteiger charge is 2.15. The molecule has 0 unspecified atom stereocenters. The quantitative estimate of drug-likeness (QED) is 0.323. The van der Waals surface area contributed by atoms with Crippen LogP contribution in [0, 0.1) is 6.92 Å². The number of nitrogens with two attached hydrogens (primary N) is 1. The number of ether oxygens (including phenoxy) is 1. The molecule has 184 valence electrons. The largest absolute Gasteiger partial charge is 0.482 e. The van der Waals surface area contributed by atoms with Crippen LogP contribution in [0.2, 0.25) is 5.02 Å². The molecular weight excluding hydrogens is 502 g/mol. The fraction of sp³-hybridized carbons (Fsp3) is 0.0769. The molecule has 0 aliphatic heterocycles. The number of sulfonamides is 1. The van der Waals surface area contributed by atoms with E-state index in [4.69, 9.17) is 21.5 Å². The lowest BCUT2D eigenvalue weighted by Crippen LogP contribution is -2.21. The third-order valence-corrected chi connectivity index (χ3v) is 6.53. The molecule has 4 aromatic carbocycles. The predicted octanol–water partition coefficient (Wildman–Crippen LogP) is 4.72. The maximum absolute atomic E-state index is 13.1. The Hall–Kier alpha value is -3.92. The number of primary sulfonamides is 1. The van der Waals surface area contributed by atoms with E-state index in [0.717, 1.165) is 10.8 Å². The van der Waals surface area contributed by atoms with Crippen molar-refractivity contribution < 1.29 is 22.7 Å². The van der Waals surface area contributed by atoms with Gasteiger partial charge in [-0.1, -0.05) is 48.0 Å². The molecule has 0 saturated heterocycles. The zero-order valence-electron chi connectivity index (χ0n) is 19.1. The normalized spacial score (nSPS) is 11.2. The van der Waals surface area contributed by atoms with Gasteiger partial charge in [-0.25, -0.2) is 13.6 Å². The van der Waals surface area contributed by atoms with Crippen molar-refractivity contribution in [1.82, 2.24) is 0 Å². The summed E-state index contributed by atoms with van der Waals surface area (Å²) >= 11 is 6.14. The fourth-order valence-electron chi connectivity index (χ4n) is 3.62. The second-order valence-corrected chi connectivity index (χ2v) is 9.98. The molecule has 4 N–H and O–H groups in total. The van der Waals surface area contributed by atoms with Crippen molar-refractivity contribution in [3.05, 3.63) is 95.0 Å². The van der Waals surface area contributed by atoms with Crippen LogP contribution in [0.5, 0.6) is 5.75 Å². The summed E-state index contributed by atoms with van der Waals surface area (Å²) in [7, 11) is -3.85. The lowest BCUT2D eigenvalue weighted by atomic mass is 10.0. The van der Waals surface area contributed by atoms with Gasteiger partial charge in [0, 0.05) is 16.3 Å². The van der Waals surface area contributed by atoms with Crippen LogP contribution in [0.1, 0.15) is 15.9 Å².